The van der Waals surface area contributed by atoms with Gasteiger partial charge in [-0.05, 0) is 18.5 Å². The minimum Gasteiger partial charge on any atom is -0.652 e. The molecule has 0 aliphatic carbocycles. The Balaban J connectivity index is -0.0000000184. The van der Waals surface area contributed by atoms with Gasteiger partial charge in [-0.2, -0.15) is 0 Å². The minimum atomic E-state index is -2.33. The van der Waals surface area contributed by atoms with Gasteiger partial charge in [-0.3, -0.25) is 0 Å². The molecule has 0 aromatic carbocycles. The monoisotopic (exact) mass is 254 g/mol. The Kier molecular flexibility index (Phi) is 70.6. The average Bonchev–Trinajstić information content (AvgIpc) is 1.54. The van der Waals surface area contributed by atoms with Gasteiger partial charge in [0.05, 0.1) is 0 Å². The number of hydrogen-bond donors (Lipinski definition) is 0. The van der Waals surface area contributed by atoms with E-state index in [1.807, 2.05) is 0 Å². The van der Waals surface area contributed by atoms with Crippen LogP contribution in [-0.4, -0.2) is 58.9 Å². The topological polar surface area (TPSA) is 190 Å². The van der Waals surface area contributed by atoms with Crippen LogP contribution in [0.25, 0.3) is 0 Å². The summed E-state index contributed by atoms with van der Waals surface area (Å²) in [5.41, 5.74) is 0. The molecule has 0 amide bonds. The van der Waals surface area contributed by atoms with Gasteiger partial charge in [-0.1, -0.05) is 0 Å². The fraction of sp³-hybridized carbons (Fsp3) is 0. The summed E-state index contributed by atoms with van der Waals surface area (Å²) < 4.78 is 0. The minimum absolute atomic E-state index is 0. The first-order valence-electron chi connectivity index (χ1n) is 1.84. The summed E-state index contributed by atoms with van der Waals surface area (Å²) >= 11 is 0. The summed E-state index contributed by atoms with van der Waals surface area (Å²) in [4.78, 5) is 25.0. The first kappa shape index (κ1) is 36.2. The van der Waals surface area contributed by atoms with Crippen LogP contribution in [0.5, 0.6) is 0 Å². The van der Waals surface area contributed by atoms with E-state index in [4.69, 9.17) is 45.0 Å². The van der Waals surface area contributed by atoms with Crippen molar-refractivity contribution < 1.29 is 74.6 Å². The first-order valence-corrected chi connectivity index (χ1v) is 1.84. The zero-order valence-electron chi connectivity index (χ0n) is 7.46. The van der Waals surface area contributed by atoms with Gasteiger partial charge >= 0.3 is 70.0 Å². The van der Waals surface area contributed by atoms with Gasteiger partial charge in [0.1, 0.15) is 0 Å². The molecule has 0 aliphatic rings. The normalized spacial score (nSPS) is 4.80. The molecule has 0 unspecified atom stereocenters. The van der Waals surface area contributed by atoms with Crippen LogP contribution < -0.4 is 60.2 Å². The van der Waals surface area contributed by atoms with E-state index in [9.17, 15) is 0 Å². The molecule has 0 atom stereocenters. The van der Waals surface area contributed by atoms with Crippen molar-refractivity contribution in [1.29, 1.82) is 0 Å². The molecule has 0 aliphatic heterocycles. The van der Waals surface area contributed by atoms with E-state index >= 15 is 0 Å². The van der Waals surface area contributed by atoms with Crippen LogP contribution in [0, 0.1) is 0 Å². The van der Waals surface area contributed by atoms with Crippen LogP contribution in [0.4, 0.5) is 14.4 Å². The summed E-state index contributed by atoms with van der Waals surface area (Å²) in [6.07, 6.45) is -7.00. The molecule has 72 valence electrons. The van der Waals surface area contributed by atoms with Crippen LogP contribution in [0.1, 0.15) is 0 Å². The molecular weight excluding hydrogens is 254 g/mol. The SMILES string of the molecule is O=C([O-])[O-].O=C([O-])[O-].O=C([O-])[O-].[Al+3].[Mg+2].[Na+]. The third-order valence-electron chi connectivity index (χ3n) is 0. The van der Waals surface area contributed by atoms with E-state index in [2.05, 4.69) is 0 Å². The van der Waals surface area contributed by atoms with Crippen molar-refractivity contribution in [3.05, 3.63) is 0 Å². The molecule has 0 saturated heterocycles. The predicted octanol–water partition coefficient (Wildman–Crippen LogP) is -11.1. The van der Waals surface area contributed by atoms with E-state index in [1.54, 1.807) is 0 Å². The molecule has 15 heavy (non-hydrogen) atoms. The Hall–Kier alpha value is 0.109. The van der Waals surface area contributed by atoms with Crippen LogP contribution in [0.15, 0.2) is 0 Å². The summed E-state index contributed by atoms with van der Waals surface area (Å²) in [5, 5.41) is 50.0. The van der Waals surface area contributed by atoms with Crippen LogP contribution in [0.2, 0.25) is 0 Å². The Morgan fingerprint density at radius 2 is 0.600 bits per heavy atom. The van der Waals surface area contributed by atoms with E-state index < -0.39 is 18.5 Å². The molecule has 0 N–H and O–H groups in total. The second-order valence-electron chi connectivity index (χ2n) is 0.750. The zero-order valence-corrected chi connectivity index (χ0v) is 12.0. The van der Waals surface area contributed by atoms with E-state index in [0.717, 1.165) is 0 Å². The number of rotatable bonds is 0. The molecule has 0 heterocycles. The number of carbonyl (C=O) groups is 3. The van der Waals surface area contributed by atoms with Gasteiger partial charge in [-0.15, -0.1) is 0 Å². The smallest absolute Gasteiger partial charge is 0.652 e. The molecule has 0 rings (SSSR count). The predicted molar refractivity (Wildman–Crippen MR) is 27.7 cm³/mol. The Bertz CT molecular complexity index is 123. The largest absolute Gasteiger partial charge is 3.00 e. The second-order valence-corrected chi connectivity index (χ2v) is 0.750. The number of carboxylic acid groups (broad SMARTS) is 6. The number of carbonyl (C=O) groups excluding carboxylic acids is 3. The molecule has 0 radical (unpaired) electrons. The third-order valence-corrected chi connectivity index (χ3v) is 0. The molecule has 0 saturated carbocycles. The Morgan fingerprint density at radius 3 is 0.600 bits per heavy atom. The first-order chi connectivity index (χ1) is 5.20. The molecule has 0 aromatic rings. The van der Waals surface area contributed by atoms with Gasteiger partial charge in [-0.25, -0.2) is 0 Å². The van der Waals surface area contributed by atoms with Crippen molar-refractivity contribution >= 4 is 58.9 Å². The van der Waals surface area contributed by atoms with E-state index in [-0.39, 0.29) is 70.0 Å². The maximum Gasteiger partial charge on any atom is 3.00 e. The van der Waals surface area contributed by atoms with Gasteiger partial charge in [0, 0.05) is 0 Å². The van der Waals surface area contributed by atoms with Gasteiger partial charge in [0.2, 0.25) is 0 Å². The van der Waals surface area contributed by atoms with Crippen molar-refractivity contribution in [1.82, 2.24) is 0 Å². The quantitative estimate of drug-likeness (QED) is 0.377. The summed E-state index contributed by atoms with van der Waals surface area (Å²) in [6.45, 7) is 0. The van der Waals surface area contributed by atoms with Gasteiger partial charge in [0.15, 0.2) is 0 Å². The Labute approximate surface area is 132 Å². The second kappa shape index (κ2) is 29.2. The van der Waals surface area contributed by atoms with Crippen molar-refractivity contribution in [2.24, 2.45) is 0 Å². The van der Waals surface area contributed by atoms with Crippen molar-refractivity contribution in [2.75, 3.05) is 0 Å². The van der Waals surface area contributed by atoms with Crippen molar-refractivity contribution in [2.45, 2.75) is 0 Å². The summed E-state index contributed by atoms with van der Waals surface area (Å²) in [6, 6.07) is 0. The molecule has 0 bridgehead atoms. The third kappa shape index (κ3) is 175000. The fourth-order valence-electron chi connectivity index (χ4n) is 0. The number of hydrogen-bond acceptors (Lipinski definition) is 9. The molecule has 12 heteroatoms. The zero-order chi connectivity index (χ0) is 10.7. The summed E-state index contributed by atoms with van der Waals surface area (Å²) in [7, 11) is 0. The standard InChI is InChI=1S/3CH2O3.Al.Mg.Na/c3*2-1(3)4;;;/h3*(H2,2,3,4);;;/q;;;+3;+2;+1/p-6. The van der Waals surface area contributed by atoms with Crippen molar-refractivity contribution in [3.8, 4) is 0 Å². The van der Waals surface area contributed by atoms with Gasteiger partial charge < -0.3 is 45.0 Å². The van der Waals surface area contributed by atoms with Gasteiger partial charge in [0.25, 0.3) is 0 Å². The maximum absolute atomic E-state index is 8.33. The van der Waals surface area contributed by atoms with Crippen LogP contribution in [-0.2, 0) is 0 Å². The molecule has 0 spiro atoms. The molecule has 9 nitrogen and oxygen atoms in total. The summed E-state index contributed by atoms with van der Waals surface area (Å²) in [5.74, 6) is 0. The molecule has 0 aromatic heterocycles. The maximum atomic E-state index is 8.33. The van der Waals surface area contributed by atoms with E-state index in [0.29, 0.717) is 0 Å². The average molecular weight is 254 g/mol. The molecule has 0 fully saturated rings. The van der Waals surface area contributed by atoms with Crippen molar-refractivity contribution in [3.63, 3.8) is 0 Å². The van der Waals surface area contributed by atoms with Crippen LogP contribution >= 0.6 is 0 Å². The fourth-order valence-corrected chi connectivity index (χ4v) is 0. The van der Waals surface area contributed by atoms with E-state index in [1.165, 1.54) is 0 Å². The Morgan fingerprint density at radius 1 is 0.600 bits per heavy atom. The van der Waals surface area contributed by atoms with Crippen LogP contribution in [0.3, 0.4) is 0 Å². The molecular formula is C3AlMgNaO9.